The average molecular weight is 224 g/mol. The van der Waals surface area contributed by atoms with Gasteiger partial charge in [0.25, 0.3) is 5.91 Å². The number of rotatable bonds is 4. The van der Waals surface area contributed by atoms with E-state index in [1.807, 2.05) is 12.3 Å². The van der Waals surface area contributed by atoms with Crippen LogP contribution in [0.2, 0.25) is 0 Å². The Morgan fingerprint density at radius 1 is 1.60 bits per heavy atom. The largest absolute Gasteiger partial charge is 0.296 e. The molecule has 0 aromatic rings. The molecule has 0 aromatic heterocycles. The number of nitrogens with zero attached hydrogens (tertiary/aromatic N) is 2. The van der Waals surface area contributed by atoms with Crippen LogP contribution in [0.1, 0.15) is 26.2 Å². The first-order chi connectivity index (χ1) is 7.34. The highest BCUT2D eigenvalue weighted by Crippen LogP contribution is 2.31. The minimum atomic E-state index is 0.0972. The van der Waals surface area contributed by atoms with Crippen LogP contribution < -0.4 is 0 Å². The van der Waals surface area contributed by atoms with Crippen LogP contribution in [0.5, 0.6) is 0 Å². The van der Waals surface area contributed by atoms with Gasteiger partial charge in [0.2, 0.25) is 0 Å². The van der Waals surface area contributed by atoms with Crippen molar-refractivity contribution >= 4 is 23.4 Å². The van der Waals surface area contributed by atoms with Crippen molar-refractivity contribution in [2.24, 2.45) is 4.99 Å². The van der Waals surface area contributed by atoms with Crippen LogP contribution in [0.25, 0.3) is 0 Å². The molecule has 1 fully saturated rings. The zero-order valence-corrected chi connectivity index (χ0v) is 9.80. The highest BCUT2D eigenvalue weighted by molar-refractivity contribution is 8.01. The van der Waals surface area contributed by atoms with E-state index in [0.717, 1.165) is 24.4 Å². The molecule has 1 amide bonds. The molecule has 0 radical (unpaired) electrons. The first-order valence-corrected chi connectivity index (χ1v) is 6.54. The molecule has 2 aliphatic heterocycles. The van der Waals surface area contributed by atoms with E-state index in [0.29, 0.717) is 0 Å². The van der Waals surface area contributed by atoms with Crippen LogP contribution in [-0.2, 0) is 4.79 Å². The van der Waals surface area contributed by atoms with Gasteiger partial charge in [0.15, 0.2) is 0 Å². The van der Waals surface area contributed by atoms with E-state index in [9.17, 15) is 4.79 Å². The summed E-state index contributed by atoms with van der Waals surface area (Å²) in [7, 11) is 0. The normalized spacial score (nSPS) is 26.7. The minimum Gasteiger partial charge on any atom is -0.296 e. The number of hydrogen-bond acceptors (Lipinski definition) is 3. The van der Waals surface area contributed by atoms with Crippen molar-refractivity contribution < 1.29 is 4.79 Å². The van der Waals surface area contributed by atoms with Crippen molar-refractivity contribution in [3.05, 3.63) is 12.3 Å². The lowest BCUT2D eigenvalue weighted by Crippen LogP contribution is -2.58. The van der Waals surface area contributed by atoms with Crippen LogP contribution >= 0.6 is 11.8 Å². The maximum atomic E-state index is 11.6. The molecule has 0 bridgehead atoms. The molecule has 2 heterocycles. The number of carbonyl (C=O) groups is 1. The predicted molar refractivity (Wildman–Crippen MR) is 64.1 cm³/mol. The fraction of sp³-hybridized carbons (Fsp3) is 0.636. The average Bonchev–Trinajstić information content (AvgIpc) is 2.28. The molecular weight excluding hydrogens is 208 g/mol. The third-order valence-electron chi connectivity index (χ3n) is 2.60. The lowest BCUT2D eigenvalue weighted by molar-refractivity contribution is -0.125. The lowest BCUT2D eigenvalue weighted by atomic mass is 10.1. The highest BCUT2D eigenvalue weighted by Gasteiger charge is 2.43. The third-order valence-corrected chi connectivity index (χ3v) is 3.75. The molecule has 0 unspecified atom stereocenters. The maximum absolute atomic E-state index is 11.6. The fourth-order valence-corrected chi connectivity index (χ4v) is 2.76. The second kappa shape index (κ2) is 4.84. The highest BCUT2D eigenvalue weighted by atomic mass is 32.2. The maximum Gasteiger partial charge on any atom is 0.276 e. The number of β-lactam (4-membered cyclic amide) rings is 1. The third kappa shape index (κ3) is 2.09. The molecule has 2 aliphatic rings. The van der Waals surface area contributed by atoms with Gasteiger partial charge in [-0.2, -0.15) is 0 Å². The van der Waals surface area contributed by atoms with Gasteiger partial charge in [-0.15, -0.1) is 11.8 Å². The van der Waals surface area contributed by atoms with Gasteiger partial charge in [-0.3, -0.25) is 14.7 Å². The SMILES string of the molecule is CCCCCN=C1C(=O)N2C=CCS[C@@H]12. The summed E-state index contributed by atoms with van der Waals surface area (Å²) in [5.74, 6) is 1.09. The quantitative estimate of drug-likeness (QED) is 0.541. The van der Waals surface area contributed by atoms with E-state index in [4.69, 9.17) is 0 Å². The van der Waals surface area contributed by atoms with Crippen molar-refractivity contribution in [3.63, 3.8) is 0 Å². The van der Waals surface area contributed by atoms with Crippen molar-refractivity contribution in [1.29, 1.82) is 0 Å². The summed E-state index contributed by atoms with van der Waals surface area (Å²) in [6.45, 7) is 2.98. The van der Waals surface area contributed by atoms with Gasteiger partial charge >= 0.3 is 0 Å². The van der Waals surface area contributed by atoms with Gasteiger partial charge in [-0.1, -0.05) is 25.8 Å². The van der Waals surface area contributed by atoms with Gasteiger partial charge in [0, 0.05) is 18.5 Å². The van der Waals surface area contributed by atoms with Gasteiger partial charge in [-0.25, -0.2) is 0 Å². The minimum absolute atomic E-state index is 0.0972. The summed E-state index contributed by atoms with van der Waals surface area (Å²) in [5, 5.41) is 0.212. The van der Waals surface area contributed by atoms with E-state index in [1.54, 1.807) is 16.7 Å². The first kappa shape index (κ1) is 10.7. The number of fused-ring (bicyclic) bond motifs is 1. The Balaban J connectivity index is 1.88. The van der Waals surface area contributed by atoms with Gasteiger partial charge in [0.05, 0.1) is 0 Å². The Morgan fingerprint density at radius 3 is 3.27 bits per heavy atom. The Labute approximate surface area is 94.6 Å². The van der Waals surface area contributed by atoms with E-state index >= 15 is 0 Å². The van der Waals surface area contributed by atoms with E-state index in [1.165, 1.54) is 12.8 Å². The number of amides is 1. The van der Waals surface area contributed by atoms with Crippen molar-refractivity contribution in [3.8, 4) is 0 Å². The van der Waals surface area contributed by atoms with E-state index < -0.39 is 0 Å². The summed E-state index contributed by atoms with van der Waals surface area (Å²) in [4.78, 5) is 17.8. The zero-order chi connectivity index (χ0) is 10.7. The number of thioether (sulfide) groups is 1. The van der Waals surface area contributed by atoms with E-state index in [2.05, 4.69) is 11.9 Å². The standard InChI is InChI=1S/C11H16N2OS/c1-2-3-4-6-12-9-10(14)13-7-5-8-15-11(9)13/h5,7,11H,2-4,6,8H2,1H3/t11-/m0/s1. The second-order valence-electron chi connectivity index (χ2n) is 3.76. The Morgan fingerprint density at radius 2 is 2.47 bits per heavy atom. The molecule has 0 spiro atoms. The summed E-state index contributed by atoms with van der Waals surface area (Å²) >= 11 is 1.78. The van der Waals surface area contributed by atoms with E-state index in [-0.39, 0.29) is 11.3 Å². The summed E-state index contributed by atoms with van der Waals surface area (Å²) in [5.41, 5.74) is 0.778. The van der Waals surface area contributed by atoms with Crippen LogP contribution in [0, 0.1) is 0 Å². The van der Waals surface area contributed by atoms with Gasteiger partial charge in [-0.05, 0) is 6.42 Å². The molecule has 2 rings (SSSR count). The molecule has 1 atom stereocenters. The van der Waals surface area contributed by atoms with Crippen molar-refractivity contribution in [2.75, 3.05) is 12.3 Å². The van der Waals surface area contributed by atoms with Crippen molar-refractivity contribution in [2.45, 2.75) is 31.6 Å². The Bertz CT molecular complexity index is 312. The van der Waals surface area contributed by atoms with Gasteiger partial charge < -0.3 is 0 Å². The molecule has 4 heteroatoms. The van der Waals surface area contributed by atoms with Crippen LogP contribution in [-0.4, -0.2) is 34.2 Å². The molecular formula is C11H16N2OS. The molecule has 0 aromatic carbocycles. The predicted octanol–water partition coefficient (Wildman–Crippen LogP) is 2.05. The molecule has 0 aliphatic carbocycles. The van der Waals surface area contributed by atoms with Crippen LogP contribution in [0.15, 0.2) is 17.3 Å². The molecule has 82 valence electrons. The summed E-state index contributed by atoms with van der Waals surface area (Å²) < 4.78 is 0. The first-order valence-electron chi connectivity index (χ1n) is 5.50. The molecule has 0 saturated carbocycles. The molecule has 3 nitrogen and oxygen atoms in total. The number of unbranched alkanes of at least 4 members (excludes halogenated alkanes) is 2. The topological polar surface area (TPSA) is 32.7 Å². The van der Waals surface area contributed by atoms with Crippen molar-refractivity contribution in [1.82, 2.24) is 4.90 Å². The fourth-order valence-electron chi connectivity index (χ4n) is 1.73. The Hall–Kier alpha value is -0.770. The second-order valence-corrected chi connectivity index (χ2v) is 4.87. The number of carbonyl (C=O) groups excluding carboxylic acids is 1. The Kier molecular flexibility index (Phi) is 3.46. The lowest BCUT2D eigenvalue weighted by Gasteiger charge is -2.40. The molecule has 0 N–H and O–H groups in total. The molecule has 15 heavy (non-hydrogen) atoms. The summed E-state index contributed by atoms with van der Waals surface area (Å²) in [6, 6.07) is 0. The van der Waals surface area contributed by atoms with Crippen LogP contribution in [0.3, 0.4) is 0 Å². The molecule has 1 saturated heterocycles. The summed E-state index contributed by atoms with van der Waals surface area (Å²) in [6.07, 6.45) is 7.40. The monoisotopic (exact) mass is 224 g/mol. The smallest absolute Gasteiger partial charge is 0.276 e. The number of aliphatic imine (C=N–C) groups is 1. The van der Waals surface area contributed by atoms with Crippen LogP contribution in [0.4, 0.5) is 0 Å². The number of hydrogen-bond donors (Lipinski definition) is 0. The van der Waals surface area contributed by atoms with Gasteiger partial charge in [0.1, 0.15) is 11.1 Å². The zero-order valence-electron chi connectivity index (χ0n) is 8.98.